The fourth-order valence-corrected chi connectivity index (χ4v) is 2.82. The van der Waals surface area contributed by atoms with Crippen LogP contribution in [0.1, 0.15) is 44.9 Å². The third kappa shape index (κ3) is 4.78. The predicted molar refractivity (Wildman–Crippen MR) is 76.3 cm³/mol. The minimum absolute atomic E-state index is 0.271. The zero-order valence-corrected chi connectivity index (χ0v) is 12.3. The average molecular weight is 282 g/mol. The fourth-order valence-electron chi connectivity index (χ4n) is 2.82. The molecule has 2 fully saturated rings. The molecule has 0 aliphatic carbocycles. The molecule has 0 radical (unpaired) electrons. The SMILES string of the molecule is O=C1CCCN1CCCCOCCN1CCCCC1=O. The number of carbonyl (C=O) groups excluding carboxylic acids is 2. The van der Waals surface area contributed by atoms with Gasteiger partial charge in [0.1, 0.15) is 0 Å². The van der Waals surface area contributed by atoms with Gasteiger partial charge in [0.25, 0.3) is 0 Å². The van der Waals surface area contributed by atoms with E-state index in [1.54, 1.807) is 0 Å². The topological polar surface area (TPSA) is 49.9 Å². The van der Waals surface area contributed by atoms with Gasteiger partial charge in [0.15, 0.2) is 0 Å². The molecule has 0 aromatic carbocycles. The molecule has 0 unspecified atom stereocenters. The van der Waals surface area contributed by atoms with Crippen LogP contribution in [0.5, 0.6) is 0 Å². The van der Waals surface area contributed by atoms with Crippen molar-refractivity contribution in [1.29, 1.82) is 0 Å². The first-order chi connectivity index (χ1) is 9.77. The van der Waals surface area contributed by atoms with Crippen molar-refractivity contribution >= 4 is 11.8 Å². The van der Waals surface area contributed by atoms with Crippen LogP contribution >= 0.6 is 0 Å². The summed E-state index contributed by atoms with van der Waals surface area (Å²) in [6.07, 6.45) is 6.58. The zero-order valence-electron chi connectivity index (χ0n) is 12.3. The second kappa shape index (κ2) is 8.25. The maximum absolute atomic E-state index is 11.6. The van der Waals surface area contributed by atoms with E-state index < -0.39 is 0 Å². The Morgan fingerprint density at radius 1 is 0.800 bits per heavy atom. The van der Waals surface area contributed by atoms with Crippen LogP contribution in [0.4, 0.5) is 0 Å². The van der Waals surface area contributed by atoms with E-state index in [9.17, 15) is 9.59 Å². The lowest BCUT2D eigenvalue weighted by Crippen LogP contribution is -2.37. The number of piperidine rings is 1. The van der Waals surface area contributed by atoms with Crippen molar-refractivity contribution in [2.45, 2.75) is 44.9 Å². The molecule has 5 nitrogen and oxygen atoms in total. The average Bonchev–Trinajstić information content (AvgIpc) is 2.85. The zero-order chi connectivity index (χ0) is 14.2. The third-order valence-electron chi connectivity index (χ3n) is 4.07. The number of hydrogen-bond donors (Lipinski definition) is 0. The van der Waals surface area contributed by atoms with Gasteiger partial charge in [0, 0.05) is 45.6 Å². The first-order valence-corrected chi connectivity index (χ1v) is 7.90. The van der Waals surface area contributed by atoms with E-state index in [0.29, 0.717) is 18.9 Å². The van der Waals surface area contributed by atoms with E-state index >= 15 is 0 Å². The van der Waals surface area contributed by atoms with E-state index in [-0.39, 0.29) is 5.91 Å². The number of hydrogen-bond acceptors (Lipinski definition) is 3. The van der Waals surface area contributed by atoms with Gasteiger partial charge in [-0.15, -0.1) is 0 Å². The number of amides is 2. The fraction of sp³-hybridized carbons (Fsp3) is 0.867. The Morgan fingerprint density at radius 3 is 2.25 bits per heavy atom. The normalized spacial score (nSPS) is 20.0. The maximum Gasteiger partial charge on any atom is 0.222 e. The summed E-state index contributed by atoms with van der Waals surface area (Å²) in [4.78, 5) is 26.8. The summed E-state index contributed by atoms with van der Waals surface area (Å²) < 4.78 is 5.58. The minimum atomic E-state index is 0.271. The first-order valence-electron chi connectivity index (χ1n) is 7.90. The standard InChI is InChI=1S/C15H26N2O3/c18-14-6-1-2-8-17(14)11-13-20-12-4-3-9-16-10-5-7-15(16)19/h1-13H2. The number of carbonyl (C=O) groups is 2. The van der Waals surface area contributed by atoms with Gasteiger partial charge in [-0.1, -0.05) is 0 Å². The molecule has 0 saturated carbocycles. The van der Waals surface area contributed by atoms with Crippen LogP contribution in [0.2, 0.25) is 0 Å². The lowest BCUT2D eigenvalue weighted by Gasteiger charge is -2.26. The van der Waals surface area contributed by atoms with Crippen LogP contribution in [0, 0.1) is 0 Å². The number of likely N-dealkylation sites (tertiary alicyclic amines) is 2. The monoisotopic (exact) mass is 282 g/mol. The third-order valence-corrected chi connectivity index (χ3v) is 4.07. The van der Waals surface area contributed by atoms with Crippen molar-refractivity contribution < 1.29 is 14.3 Å². The molecule has 0 atom stereocenters. The number of unbranched alkanes of at least 4 members (excludes halogenated alkanes) is 1. The Balaban J connectivity index is 1.43. The van der Waals surface area contributed by atoms with Crippen LogP contribution in [-0.2, 0) is 14.3 Å². The largest absolute Gasteiger partial charge is 0.380 e. The molecule has 2 rings (SSSR count). The molecule has 2 aliphatic rings. The summed E-state index contributed by atoms with van der Waals surface area (Å²) in [5, 5.41) is 0. The smallest absolute Gasteiger partial charge is 0.222 e. The van der Waals surface area contributed by atoms with Gasteiger partial charge < -0.3 is 14.5 Å². The summed E-state index contributed by atoms with van der Waals surface area (Å²) in [5.41, 5.74) is 0. The second-order valence-corrected chi connectivity index (χ2v) is 5.64. The van der Waals surface area contributed by atoms with Crippen molar-refractivity contribution in [3.63, 3.8) is 0 Å². The van der Waals surface area contributed by atoms with Crippen LogP contribution in [0.25, 0.3) is 0 Å². The molecule has 0 spiro atoms. The quantitative estimate of drug-likeness (QED) is 0.633. The van der Waals surface area contributed by atoms with Gasteiger partial charge in [0.05, 0.1) is 6.61 Å². The molecule has 2 saturated heterocycles. The molecular weight excluding hydrogens is 256 g/mol. The molecule has 114 valence electrons. The van der Waals surface area contributed by atoms with E-state index in [4.69, 9.17) is 4.74 Å². The van der Waals surface area contributed by atoms with Crippen molar-refractivity contribution in [3.05, 3.63) is 0 Å². The Morgan fingerprint density at radius 2 is 1.50 bits per heavy atom. The maximum atomic E-state index is 11.6. The van der Waals surface area contributed by atoms with E-state index in [2.05, 4.69) is 0 Å². The first kappa shape index (κ1) is 15.3. The van der Waals surface area contributed by atoms with Crippen molar-refractivity contribution in [2.24, 2.45) is 0 Å². The van der Waals surface area contributed by atoms with Gasteiger partial charge in [0.2, 0.25) is 11.8 Å². The highest BCUT2D eigenvalue weighted by Gasteiger charge is 2.19. The predicted octanol–water partition coefficient (Wildman–Crippen LogP) is 1.42. The van der Waals surface area contributed by atoms with Gasteiger partial charge in [-0.2, -0.15) is 0 Å². The second-order valence-electron chi connectivity index (χ2n) is 5.64. The lowest BCUT2D eigenvalue weighted by atomic mass is 10.1. The molecule has 0 bridgehead atoms. The number of nitrogens with zero attached hydrogens (tertiary/aromatic N) is 2. The van der Waals surface area contributed by atoms with E-state index in [1.165, 1.54) is 0 Å². The highest BCUT2D eigenvalue weighted by molar-refractivity contribution is 5.78. The summed E-state index contributed by atoms with van der Waals surface area (Å²) in [5.74, 6) is 0.571. The Bertz CT molecular complexity index is 333. The Kier molecular flexibility index (Phi) is 6.30. The molecule has 5 heteroatoms. The molecule has 20 heavy (non-hydrogen) atoms. The van der Waals surface area contributed by atoms with Crippen LogP contribution in [0.15, 0.2) is 0 Å². The van der Waals surface area contributed by atoms with Crippen LogP contribution in [-0.4, -0.2) is 61.0 Å². The van der Waals surface area contributed by atoms with Gasteiger partial charge in [-0.05, 0) is 32.1 Å². The molecule has 0 aromatic heterocycles. The Labute approximate surface area is 121 Å². The summed E-state index contributed by atoms with van der Waals surface area (Å²) in [6, 6.07) is 0. The van der Waals surface area contributed by atoms with Gasteiger partial charge >= 0.3 is 0 Å². The summed E-state index contributed by atoms with van der Waals surface area (Å²) in [6.45, 7) is 4.77. The number of ether oxygens (including phenoxy) is 1. The molecule has 2 amide bonds. The van der Waals surface area contributed by atoms with Crippen molar-refractivity contribution in [3.8, 4) is 0 Å². The number of rotatable bonds is 8. The summed E-state index contributed by atoms with van der Waals surface area (Å²) >= 11 is 0. The van der Waals surface area contributed by atoms with Crippen molar-refractivity contribution in [1.82, 2.24) is 9.80 Å². The lowest BCUT2D eigenvalue weighted by molar-refractivity contribution is -0.134. The van der Waals surface area contributed by atoms with Crippen LogP contribution < -0.4 is 0 Å². The molecule has 0 N–H and O–H groups in total. The highest BCUT2D eigenvalue weighted by atomic mass is 16.5. The Hall–Kier alpha value is -1.10. The molecular formula is C15H26N2O3. The summed E-state index contributed by atoms with van der Waals surface area (Å²) in [7, 11) is 0. The molecule has 0 aromatic rings. The molecule has 2 aliphatic heterocycles. The van der Waals surface area contributed by atoms with Crippen LogP contribution in [0.3, 0.4) is 0 Å². The molecule has 2 heterocycles. The van der Waals surface area contributed by atoms with Gasteiger partial charge in [-0.3, -0.25) is 9.59 Å². The van der Waals surface area contributed by atoms with Gasteiger partial charge in [-0.25, -0.2) is 0 Å². The highest BCUT2D eigenvalue weighted by Crippen LogP contribution is 2.11. The van der Waals surface area contributed by atoms with E-state index in [0.717, 1.165) is 71.3 Å². The minimum Gasteiger partial charge on any atom is -0.380 e. The van der Waals surface area contributed by atoms with Crippen molar-refractivity contribution in [2.75, 3.05) is 39.4 Å². The van der Waals surface area contributed by atoms with E-state index in [1.807, 2.05) is 9.80 Å².